The highest BCUT2D eigenvalue weighted by Crippen LogP contribution is 2.39. The van der Waals surface area contributed by atoms with Crippen LogP contribution in [0.1, 0.15) is 28.8 Å². The summed E-state index contributed by atoms with van der Waals surface area (Å²) < 4.78 is 18.5. The van der Waals surface area contributed by atoms with Crippen molar-refractivity contribution >= 4 is 23.6 Å². The quantitative estimate of drug-likeness (QED) is 0.698. The van der Waals surface area contributed by atoms with Gasteiger partial charge < -0.3 is 15.0 Å². The fourth-order valence-electron chi connectivity index (χ4n) is 4.27. The summed E-state index contributed by atoms with van der Waals surface area (Å²) in [6.07, 6.45) is 2.26. The molecule has 170 valence electrons. The summed E-state index contributed by atoms with van der Waals surface area (Å²) in [7, 11) is 1.65. The van der Waals surface area contributed by atoms with Crippen molar-refractivity contribution in [1.29, 1.82) is 0 Å². The fourth-order valence-corrected chi connectivity index (χ4v) is 5.69. The second-order valence-corrected chi connectivity index (χ2v) is 9.56. The summed E-state index contributed by atoms with van der Waals surface area (Å²) in [5.74, 6) is 1.13. The molecule has 0 aliphatic carbocycles. The first kappa shape index (κ1) is 22.6. The lowest BCUT2D eigenvalue weighted by molar-refractivity contribution is -0.122. The van der Waals surface area contributed by atoms with Gasteiger partial charge in [0.25, 0.3) is 5.91 Å². The van der Waals surface area contributed by atoms with Crippen LogP contribution in [-0.2, 0) is 11.2 Å². The lowest BCUT2D eigenvalue weighted by atomic mass is 10.0. The molecule has 2 aromatic rings. The van der Waals surface area contributed by atoms with Crippen LogP contribution in [-0.4, -0.2) is 60.1 Å². The minimum absolute atomic E-state index is 0.00842. The third-order valence-corrected chi connectivity index (χ3v) is 7.69. The SMILES string of the molecule is COc1ccccc1CCNC(=O)C1CSC2(CCN(C(=O)c3ccc(F)cc3)CC2)N1. The van der Waals surface area contributed by atoms with Gasteiger partial charge in [0.2, 0.25) is 5.91 Å². The van der Waals surface area contributed by atoms with E-state index in [1.807, 2.05) is 24.3 Å². The summed E-state index contributed by atoms with van der Waals surface area (Å²) in [5.41, 5.74) is 1.57. The molecule has 2 saturated heterocycles. The van der Waals surface area contributed by atoms with Crippen molar-refractivity contribution in [2.45, 2.75) is 30.2 Å². The highest BCUT2D eigenvalue weighted by molar-refractivity contribution is 8.01. The van der Waals surface area contributed by atoms with Gasteiger partial charge in [-0.1, -0.05) is 18.2 Å². The Bertz CT molecular complexity index is 961. The van der Waals surface area contributed by atoms with E-state index in [0.717, 1.165) is 24.2 Å². The van der Waals surface area contributed by atoms with Gasteiger partial charge in [0.1, 0.15) is 11.6 Å². The van der Waals surface area contributed by atoms with Crippen molar-refractivity contribution in [3.63, 3.8) is 0 Å². The highest BCUT2D eigenvalue weighted by Gasteiger charge is 2.44. The Kier molecular flexibility index (Phi) is 7.01. The predicted octanol–water partition coefficient (Wildman–Crippen LogP) is 2.83. The van der Waals surface area contributed by atoms with Gasteiger partial charge in [-0.15, -0.1) is 11.8 Å². The van der Waals surface area contributed by atoms with Crippen LogP contribution in [0.15, 0.2) is 48.5 Å². The number of para-hydroxylation sites is 1. The van der Waals surface area contributed by atoms with Gasteiger partial charge in [-0.05, 0) is 55.2 Å². The molecule has 4 rings (SSSR count). The Morgan fingerprint density at radius 2 is 1.91 bits per heavy atom. The number of ether oxygens (including phenoxy) is 1. The predicted molar refractivity (Wildman–Crippen MR) is 123 cm³/mol. The van der Waals surface area contributed by atoms with E-state index in [-0.39, 0.29) is 28.5 Å². The third kappa shape index (κ3) is 5.07. The zero-order valence-electron chi connectivity index (χ0n) is 18.1. The van der Waals surface area contributed by atoms with E-state index >= 15 is 0 Å². The van der Waals surface area contributed by atoms with Crippen LogP contribution in [0.3, 0.4) is 0 Å². The number of carbonyl (C=O) groups is 2. The van der Waals surface area contributed by atoms with E-state index < -0.39 is 0 Å². The summed E-state index contributed by atoms with van der Waals surface area (Å²) in [5, 5.41) is 6.56. The van der Waals surface area contributed by atoms with Gasteiger partial charge in [-0.25, -0.2) is 4.39 Å². The number of halogens is 1. The molecule has 2 aromatic carbocycles. The van der Waals surface area contributed by atoms with E-state index in [9.17, 15) is 14.0 Å². The Labute approximate surface area is 191 Å². The molecular weight excluding hydrogens is 429 g/mol. The lowest BCUT2D eigenvalue weighted by Gasteiger charge is -2.39. The minimum Gasteiger partial charge on any atom is -0.496 e. The number of hydrogen-bond donors (Lipinski definition) is 2. The maximum atomic E-state index is 13.1. The van der Waals surface area contributed by atoms with Crippen LogP contribution < -0.4 is 15.4 Å². The molecule has 0 saturated carbocycles. The Morgan fingerprint density at radius 1 is 1.19 bits per heavy atom. The molecule has 1 atom stereocenters. The number of nitrogens with zero attached hydrogens (tertiary/aromatic N) is 1. The molecule has 8 heteroatoms. The Balaban J connectivity index is 1.25. The average Bonchev–Trinajstić information content (AvgIpc) is 3.23. The number of thioether (sulfide) groups is 1. The van der Waals surface area contributed by atoms with E-state index in [2.05, 4.69) is 10.6 Å². The molecule has 0 radical (unpaired) electrons. The second kappa shape index (κ2) is 9.92. The van der Waals surface area contributed by atoms with E-state index in [1.54, 1.807) is 23.8 Å². The molecule has 1 spiro atoms. The van der Waals surface area contributed by atoms with E-state index in [4.69, 9.17) is 4.74 Å². The topological polar surface area (TPSA) is 70.7 Å². The normalized spacial score (nSPS) is 19.7. The molecule has 2 aliphatic heterocycles. The monoisotopic (exact) mass is 457 g/mol. The maximum absolute atomic E-state index is 13.1. The molecule has 2 fully saturated rings. The van der Waals surface area contributed by atoms with Crippen molar-refractivity contribution in [2.75, 3.05) is 32.5 Å². The lowest BCUT2D eigenvalue weighted by Crippen LogP contribution is -2.54. The number of benzene rings is 2. The number of methoxy groups -OCH3 is 1. The number of rotatable bonds is 6. The summed E-state index contributed by atoms with van der Waals surface area (Å²) in [4.78, 5) is 27.0. The molecule has 0 bridgehead atoms. The van der Waals surface area contributed by atoms with Gasteiger partial charge in [0.05, 0.1) is 18.0 Å². The molecule has 2 N–H and O–H groups in total. The number of piperidine rings is 1. The van der Waals surface area contributed by atoms with Crippen LogP contribution in [0.4, 0.5) is 4.39 Å². The van der Waals surface area contributed by atoms with Gasteiger partial charge in [-0.3, -0.25) is 14.9 Å². The summed E-state index contributed by atoms with van der Waals surface area (Å²) >= 11 is 1.77. The maximum Gasteiger partial charge on any atom is 0.253 e. The summed E-state index contributed by atoms with van der Waals surface area (Å²) in [6, 6.07) is 13.2. The second-order valence-electron chi connectivity index (χ2n) is 8.15. The van der Waals surface area contributed by atoms with Crippen LogP contribution in [0.2, 0.25) is 0 Å². The van der Waals surface area contributed by atoms with Crippen LogP contribution in [0, 0.1) is 5.82 Å². The first-order chi connectivity index (χ1) is 15.5. The van der Waals surface area contributed by atoms with Crippen molar-refractivity contribution < 1.29 is 18.7 Å². The number of hydrogen-bond acceptors (Lipinski definition) is 5. The smallest absolute Gasteiger partial charge is 0.253 e. The van der Waals surface area contributed by atoms with Crippen molar-refractivity contribution in [1.82, 2.24) is 15.5 Å². The highest BCUT2D eigenvalue weighted by atomic mass is 32.2. The molecule has 32 heavy (non-hydrogen) atoms. The van der Waals surface area contributed by atoms with Gasteiger partial charge in [-0.2, -0.15) is 0 Å². The minimum atomic E-state index is -0.349. The first-order valence-corrected chi connectivity index (χ1v) is 11.8. The summed E-state index contributed by atoms with van der Waals surface area (Å²) in [6.45, 7) is 1.77. The Hall–Kier alpha value is -2.58. The number of likely N-dealkylation sites (tertiary alicyclic amines) is 1. The fraction of sp³-hybridized carbons (Fsp3) is 0.417. The molecule has 2 amide bonds. The molecule has 2 heterocycles. The molecule has 6 nitrogen and oxygen atoms in total. The van der Waals surface area contributed by atoms with Gasteiger partial charge in [0, 0.05) is 31.0 Å². The number of nitrogens with one attached hydrogen (secondary N) is 2. The van der Waals surface area contributed by atoms with Gasteiger partial charge >= 0.3 is 0 Å². The van der Waals surface area contributed by atoms with E-state index in [1.165, 1.54) is 24.3 Å². The molecule has 2 aliphatic rings. The molecule has 0 aromatic heterocycles. The van der Waals surface area contributed by atoms with Crippen LogP contribution >= 0.6 is 11.8 Å². The standard InChI is InChI=1S/C24H28FN3O3S/c1-31-21-5-3-2-4-17(21)10-13-26-22(29)20-16-32-24(27-20)11-14-28(15-12-24)23(30)18-6-8-19(25)9-7-18/h2-9,20,27H,10-16H2,1H3,(H,26,29). The largest absolute Gasteiger partial charge is 0.496 e. The zero-order valence-corrected chi connectivity index (χ0v) is 18.9. The third-order valence-electron chi connectivity index (χ3n) is 6.12. The van der Waals surface area contributed by atoms with Crippen molar-refractivity contribution in [3.05, 3.63) is 65.5 Å². The van der Waals surface area contributed by atoms with E-state index in [0.29, 0.717) is 37.4 Å². The molecular formula is C24H28FN3O3S. The average molecular weight is 458 g/mol. The van der Waals surface area contributed by atoms with Crippen LogP contribution in [0.25, 0.3) is 0 Å². The van der Waals surface area contributed by atoms with Crippen molar-refractivity contribution in [3.8, 4) is 5.75 Å². The number of carbonyl (C=O) groups excluding carboxylic acids is 2. The van der Waals surface area contributed by atoms with Crippen molar-refractivity contribution in [2.24, 2.45) is 0 Å². The Morgan fingerprint density at radius 3 is 2.62 bits per heavy atom. The zero-order chi connectivity index (χ0) is 22.6. The van der Waals surface area contributed by atoms with Gasteiger partial charge in [0.15, 0.2) is 0 Å². The van der Waals surface area contributed by atoms with Crippen LogP contribution in [0.5, 0.6) is 5.75 Å². The molecule has 1 unspecified atom stereocenters. The first-order valence-electron chi connectivity index (χ1n) is 10.9. The number of amides is 2.